The van der Waals surface area contributed by atoms with Gasteiger partial charge in [-0.3, -0.25) is 0 Å². The minimum absolute atomic E-state index is 0.0612. The Hall–Kier alpha value is -0.580. The highest BCUT2D eigenvalue weighted by Gasteiger charge is 1.89. The molecule has 0 aliphatic carbocycles. The molecule has 0 atom stereocenters. The second-order valence-electron chi connectivity index (χ2n) is 3.33. The van der Waals surface area contributed by atoms with Crippen LogP contribution in [0.3, 0.4) is 0 Å². The maximum Gasteiger partial charge on any atom is 0.111 e. The second kappa shape index (κ2) is 14.4. The van der Waals surface area contributed by atoms with Crippen molar-refractivity contribution in [2.45, 2.75) is 26.2 Å². The number of hydrogen-bond acceptors (Lipinski definition) is 4. The molecule has 0 saturated heterocycles. The summed E-state index contributed by atoms with van der Waals surface area (Å²) in [5, 5.41) is 8.43. The van der Waals surface area contributed by atoms with Crippen LogP contribution >= 0.6 is 0 Å². The summed E-state index contributed by atoms with van der Waals surface area (Å²) in [6, 6.07) is 0. The Bertz CT molecular complexity index is 148. The van der Waals surface area contributed by atoms with Crippen molar-refractivity contribution in [1.82, 2.24) is 0 Å². The molecule has 0 heterocycles. The zero-order chi connectivity index (χ0) is 11.9. The molecule has 96 valence electrons. The lowest BCUT2D eigenvalue weighted by Crippen LogP contribution is -2.09. The number of allylic oxidation sites excluding steroid dienone is 1. The highest BCUT2D eigenvalue weighted by Crippen LogP contribution is 1.94. The molecule has 0 bridgehead atoms. The van der Waals surface area contributed by atoms with E-state index in [9.17, 15) is 0 Å². The first-order valence-electron chi connectivity index (χ1n) is 5.94. The fourth-order valence-electron chi connectivity index (χ4n) is 1.02. The van der Waals surface area contributed by atoms with Crippen molar-refractivity contribution in [3.63, 3.8) is 0 Å². The van der Waals surface area contributed by atoms with Gasteiger partial charge in [0.25, 0.3) is 0 Å². The van der Waals surface area contributed by atoms with Gasteiger partial charge >= 0.3 is 0 Å². The average molecular weight is 232 g/mol. The Balaban J connectivity index is 2.95. The maximum absolute atomic E-state index is 8.43. The second-order valence-corrected chi connectivity index (χ2v) is 3.33. The Morgan fingerprint density at radius 1 is 1.00 bits per heavy atom. The molecule has 0 rings (SSSR count). The van der Waals surface area contributed by atoms with Crippen LogP contribution in [0, 0.1) is 0 Å². The van der Waals surface area contributed by atoms with Gasteiger partial charge in [-0.05, 0) is 18.9 Å². The average Bonchev–Trinajstić information content (AvgIpc) is 2.31. The van der Waals surface area contributed by atoms with Crippen molar-refractivity contribution in [2.24, 2.45) is 0 Å². The molecule has 0 amide bonds. The molecule has 0 unspecified atom stereocenters. The van der Waals surface area contributed by atoms with Crippen LogP contribution in [-0.4, -0.2) is 44.7 Å². The van der Waals surface area contributed by atoms with Gasteiger partial charge in [-0.15, -0.1) is 0 Å². The Labute approximate surface area is 98.2 Å². The third-order valence-electron chi connectivity index (χ3n) is 1.87. The monoisotopic (exact) mass is 232 g/mol. The highest BCUT2D eigenvalue weighted by molar-refractivity contribution is 4.72. The summed E-state index contributed by atoms with van der Waals surface area (Å²) in [6.07, 6.45) is 7.27. The van der Waals surface area contributed by atoms with Crippen molar-refractivity contribution in [3.8, 4) is 0 Å². The molecule has 0 fully saturated rings. The molecule has 0 aromatic heterocycles. The summed E-state index contributed by atoms with van der Waals surface area (Å²) in [6.45, 7) is 4.81. The number of hydrogen-bond donors (Lipinski definition) is 1. The molecular weight excluding hydrogens is 208 g/mol. The van der Waals surface area contributed by atoms with Gasteiger partial charge in [-0.2, -0.15) is 0 Å². The SMILES string of the molecule is CCCCC=COCCOCCOCCO. The van der Waals surface area contributed by atoms with E-state index in [1.54, 1.807) is 6.26 Å². The van der Waals surface area contributed by atoms with Gasteiger partial charge < -0.3 is 19.3 Å². The highest BCUT2D eigenvalue weighted by atomic mass is 16.5. The van der Waals surface area contributed by atoms with E-state index in [0.717, 1.165) is 6.42 Å². The van der Waals surface area contributed by atoms with Crippen LogP contribution in [0.25, 0.3) is 0 Å². The fourth-order valence-corrected chi connectivity index (χ4v) is 1.02. The molecule has 0 radical (unpaired) electrons. The third-order valence-corrected chi connectivity index (χ3v) is 1.87. The minimum Gasteiger partial charge on any atom is -0.499 e. The summed E-state index contributed by atoms with van der Waals surface area (Å²) in [4.78, 5) is 0. The van der Waals surface area contributed by atoms with Gasteiger partial charge in [0.15, 0.2) is 0 Å². The topological polar surface area (TPSA) is 47.9 Å². The third kappa shape index (κ3) is 13.4. The van der Waals surface area contributed by atoms with Crippen molar-refractivity contribution >= 4 is 0 Å². The van der Waals surface area contributed by atoms with Gasteiger partial charge in [0.05, 0.1) is 39.3 Å². The molecule has 0 spiro atoms. The van der Waals surface area contributed by atoms with Gasteiger partial charge in [-0.1, -0.05) is 13.3 Å². The van der Waals surface area contributed by atoms with Gasteiger partial charge in [-0.25, -0.2) is 0 Å². The van der Waals surface area contributed by atoms with Gasteiger partial charge in [0.1, 0.15) is 6.61 Å². The normalized spacial score (nSPS) is 11.1. The van der Waals surface area contributed by atoms with E-state index in [4.69, 9.17) is 19.3 Å². The van der Waals surface area contributed by atoms with Crippen LogP contribution in [0.4, 0.5) is 0 Å². The summed E-state index contributed by atoms with van der Waals surface area (Å²) in [5.41, 5.74) is 0. The lowest BCUT2D eigenvalue weighted by atomic mass is 10.2. The molecule has 4 heteroatoms. The van der Waals surface area contributed by atoms with E-state index in [-0.39, 0.29) is 6.61 Å². The lowest BCUT2D eigenvalue weighted by molar-refractivity contribution is 0.0202. The van der Waals surface area contributed by atoms with E-state index in [0.29, 0.717) is 33.0 Å². The van der Waals surface area contributed by atoms with E-state index in [2.05, 4.69) is 6.92 Å². The van der Waals surface area contributed by atoms with E-state index in [1.165, 1.54) is 12.8 Å². The van der Waals surface area contributed by atoms with E-state index < -0.39 is 0 Å². The molecule has 0 saturated carbocycles. The van der Waals surface area contributed by atoms with E-state index in [1.807, 2.05) is 6.08 Å². The van der Waals surface area contributed by atoms with Crippen molar-refractivity contribution < 1.29 is 19.3 Å². The summed E-state index contributed by atoms with van der Waals surface area (Å²) in [5.74, 6) is 0. The first-order valence-corrected chi connectivity index (χ1v) is 5.94. The lowest BCUT2D eigenvalue weighted by Gasteiger charge is -2.04. The molecule has 1 N–H and O–H groups in total. The van der Waals surface area contributed by atoms with Crippen LogP contribution in [0.2, 0.25) is 0 Å². The van der Waals surface area contributed by atoms with Crippen molar-refractivity contribution in [1.29, 1.82) is 0 Å². The first kappa shape index (κ1) is 15.4. The molecule has 0 aromatic carbocycles. The van der Waals surface area contributed by atoms with Crippen LogP contribution < -0.4 is 0 Å². The predicted octanol–water partition coefficient (Wildman–Crippen LogP) is 1.73. The zero-order valence-electron chi connectivity index (χ0n) is 10.2. The maximum atomic E-state index is 8.43. The Kier molecular flexibility index (Phi) is 13.9. The van der Waals surface area contributed by atoms with E-state index >= 15 is 0 Å². The molecule has 0 aromatic rings. The number of unbranched alkanes of at least 4 members (excludes halogenated alkanes) is 2. The molecular formula is C12H24O4. The van der Waals surface area contributed by atoms with Gasteiger partial charge in [0, 0.05) is 0 Å². The van der Waals surface area contributed by atoms with Gasteiger partial charge in [0.2, 0.25) is 0 Å². The largest absolute Gasteiger partial charge is 0.499 e. The van der Waals surface area contributed by atoms with Crippen LogP contribution in [-0.2, 0) is 14.2 Å². The summed E-state index contributed by atoms with van der Waals surface area (Å²) < 4.78 is 15.5. The fraction of sp³-hybridized carbons (Fsp3) is 0.833. The quantitative estimate of drug-likeness (QED) is 0.411. The van der Waals surface area contributed by atoms with Crippen LogP contribution in [0.15, 0.2) is 12.3 Å². The molecule has 0 aliphatic rings. The van der Waals surface area contributed by atoms with Crippen LogP contribution in [0.5, 0.6) is 0 Å². The minimum atomic E-state index is 0.0612. The Morgan fingerprint density at radius 3 is 2.38 bits per heavy atom. The summed E-state index contributed by atoms with van der Waals surface area (Å²) >= 11 is 0. The zero-order valence-corrected chi connectivity index (χ0v) is 10.2. The molecule has 4 nitrogen and oxygen atoms in total. The molecule has 0 aliphatic heterocycles. The first-order chi connectivity index (χ1) is 7.91. The Morgan fingerprint density at radius 2 is 1.69 bits per heavy atom. The smallest absolute Gasteiger partial charge is 0.111 e. The number of ether oxygens (including phenoxy) is 3. The number of rotatable bonds is 12. The predicted molar refractivity (Wildman–Crippen MR) is 63.3 cm³/mol. The molecule has 16 heavy (non-hydrogen) atoms. The van der Waals surface area contributed by atoms with Crippen molar-refractivity contribution in [2.75, 3.05) is 39.6 Å². The summed E-state index contributed by atoms with van der Waals surface area (Å²) in [7, 11) is 0. The number of aliphatic hydroxyl groups excluding tert-OH is 1. The standard InChI is InChI=1S/C12H24O4/c1-2-3-4-5-7-14-9-11-16-12-10-15-8-6-13/h5,7,13H,2-4,6,8-12H2,1H3. The number of aliphatic hydroxyl groups is 1. The van der Waals surface area contributed by atoms with Crippen molar-refractivity contribution in [3.05, 3.63) is 12.3 Å². The van der Waals surface area contributed by atoms with Crippen LogP contribution in [0.1, 0.15) is 26.2 Å².